The zero-order chi connectivity index (χ0) is 25.4. The second-order valence-electron chi connectivity index (χ2n) is 9.79. The third-order valence-electron chi connectivity index (χ3n) is 7.49. The van der Waals surface area contributed by atoms with Gasteiger partial charge >= 0.3 is 0 Å². The largest absolute Gasteiger partial charge is 0.366 e. The van der Waals surface area contributed by atoms with Crippen molar-refractivity contribution in [2.45, 2.75) is 25.3 Å². The number of H-pyrrole nitrogens is 1. The van der Waals surface area contributed by atoms with E-state index in [9.17, 15) is 14.4 Å². The van der Waals surface area contributed by atoms with Crippen LogP contribution in [-0.4, -0.2) is 54.7 Å². The zero-order valence-corrected chi connectivity index (χ0v) is 20.6. The predicted molar refractivity (Wildman–Crippen MR) is 147 cm³/mol. The van der Waals surface area contributed by atoms with Crippen LogP contribution in [0.4, 0.5) is 11.4 Å². The van der Waals surface area contributed by atoms with Crippen LogP contribution in [0.25, 0.3) is 23.1 Å². The van der Waals surface area contributed by atoms with Crippen LogP contribution in [0.3, 0.4) is 0 Å². The molecule has 0 bridgehead atoms. The van der Waals surface area contributed by atoms with Gasteiger partial charge in [0.1, 0.15) is 17.4 Å². The van der Waals surface area contributed by atoms with Crippen molar-refractivity contribution >= 4 is 40.2 Å². The minimum absolute atomic E-state index is 0.0568. The van der Waals surface area contributed by atoms with Crippen LogP contribution in [-0.2, 0) is 0 Å². The fourth-order valence-electron chi connectivity index (χ4n) is 5.49. The minimum atomic E-state index is -0.530. The number of aromatic amines is 1. The number of anilines is 2. The molecule has 0 spiro atoms. The normalized spacial score (nSPS) is 18.8. The zero-order valence-electron chi connectivity index (χ0n) is 20.6. The molecule has 37 heavy (non-hydrogen) atoms. The van der Waals surface area contributed by atoms with Crippen molar-refractivity contribution in [3.63, 3.8) is 0 Å². The van der Waals surface area contributed by atoms with E-state index in [1.165, 1.54) is 0 Å². The van der Waals surface area contributed by atoms with Crippen LogP contribution in [0.5, 0.6) is 0 Å². The van der Waals surface area contributed by atoms with Crippen LogP contribution < -0.4 is 26.0 Å². The molecule has 0 radical (unpaired) electrons. The Labute approximate surface area is 214 Å². The number of Topliss-reactive ketones (excluding diaryl/α,β-unsaturated/α-hetero) is 1. The molecule has 2 N–H and O–H groups in total. The molecule has 2 fully saturated rings. The highest BCUT2D eigenvalue weighted by Gasteiger charge is 2.37. The minimum Gasteiger partial charge on any atom is -0.366 e. The highest BCUT2D eigenvalue weighted by atomic mass is 16.2. The first kappa shape index (κ1) is 23.4. The van der Waals surface area contributed by atoms with Crippen molar-refractivity contribution in [3.05, 3.63) is 85.8 Å². The molecule has 8 heteroatoms. The number of carbonyl (C=O) groups is 1. The van der Waals surface area contributed by atoms with Crippen molar-refractivity contribution in [2.24, 2.45) is 0 Å². The first-order valence-electron chi connectivity index (χ1n) is 12.9. The van der Waals surface area contributed by atoms with Gasteiger partial charge in [-0.15, -0.1) is 0 Å². The standard InChI is InChI=1S/C29H29N5O3/c35-27(20-11-8-19(9-12-20)10-13-23-21-6-2-3-7-22(21)31-32-23)24-18-30-14-17-34(24)26-25(28(36)29(26)37)33-15-4-1-5-16-33/h2-3,6-13,24,30H,1,4-5,14-18H2,(H,31,32). The molecular weight excluding hydrogens is 466 g/mol. The summed E-state index contributed by atoms with van der Waals surface area (Å²) in [5.74, 6) is -0.0568. The summed E-state index contributed by atoms with van der Waals surface area (Å²) in [6, 6.07) is 14.9. The Bertz CT molecular complexity index is 1540. The van der Waals surface area contributed by atoms with Gasteiger partial charge in [0.2, 0.25) is 0 Å². The van der Waals surface area contributed by atoms with Crippen LogP contribution in [0.2, 0.25) is 0 Å². The maximum absolute atomic E-state index is 13.6. The second kappa shape index (κ2) is 9.78. The van der Waals surface area contributed by atoms with E-state index >= 15 is 0 Å². The molecule has 2 saturated heterocycles. The average molecular weight is 496 g/mol. The summed E-state index contributed by atoms with van der Waals surface area (Å²) in [4.78, 5) is 42.7. The molecule has 1 unspecified atom stereocenters. The van der Waals surface area contributed by atoms with Gasteiger partial charge in [0.15, 0.2) is 5.78 Å². The number of para-hydroxylation sites is 1. The number of rotatable bonds is 6. The highest BCUT2D eigenvalue weighted by Crippen LogP contribution is 2.30. The van der Waals surface area contributed by atoms with Crippen molar-refractivity contribution in [1.29, 1.82) is 0 Å². The highest BCUT2D eigenvalue weighted by molar-refractivity contribution is 6.03. The van der Waals surface area contributed by atoms with Gasteiger partial charge < -0.3 is 15.1 Å². The first-order valence-corrected chi connectivity index (χ1v) is 12.9. The van der Waals surface area contributed by atoms with Gasteiger partial charge in [-0.05, 0) is 37.0 Å². The van der Waals surface area contributed by atoms with Gasteiger partial charge in [-0.25, -0.2) is 0 Å². The molecule has 1 aromatic heterocycles. The smallest absolute Gasteiger partial charge is 0.253 e. The Morgan fingerprint density at radius 2 is 1.65 bits per heavy atom. The van der Waals surface area contributed by atoms with Gasteiger partial charge in [0.25, 0.3) is 10.9 Å². The molecule has 2 aliphatic heterocycles. The summed E-state index contributed by atoms with van der Waals surface area (Å²) >= 11 is 0. The number of nitrogens with zero attached hydrogens (tertiary/aromatic N) is 3. The Balaban J connectivity index is 1.22. The molecular formula is C29H29N5O3. The molecule has 0 aliphatic carbocycles. The number of aromatic nitrogens is 2. The van der Waals surface area contributed by atoms with Crippen LogP contribution in [0.15, 0.2) is 58.1 Å². The lowest BCUT2D eigenvalue weighted by molar-refractivity contribution is 0.0950. The van der Waals surface area contributed by atoms with Crippen molar-refractivity contribution in [1.82, 2.24) is 15.5 Å². The number of benzene rings is 2. The van der Waals surface area contributed by atoms with E-state index in [0.29, 0.717) is 36.6 Å². The molecule has 2 aliphatic rings. The van der Waals surface area contributed by atoms with E-state index in [0.717, 1.165) is 54.5 Å². The summed E-state index contributed by atoms with van der Waals surface area (Å²) in [7, 11) is 0. The third kappa shape index (κ3) is 4.27. The first-order chi connectivity index (χ1) is 18.1. The molecule has 4 aromatic rings. The number of hydrogen-bond donors (Lipinski definition) is 2. The van der Waals surface area contributed by atoms with E-state index in [-0.39, 0.29) is 5.78 Å². The SMILES string of the molecule is O=C(c1ccc(C=Cc2n[nH]c3ccccc23)cc1)C1CNCCN1c1c(N2CCCCC2)c(=O)c1=O. The number of nitrogens with one attached hydrogen (secondary N) is 2. The lowest BCUT2D eigenvalue weighted by Crippen LogP contribution is -2.59. The maximum atomic E-state index is 13.6. The number of ketones is 1. The quantitative estimate of drug-likeness (QED) is 0.313. The molecule has 188 valence electrons. The van der Waals surface area contributed by atoms with E-state index in [1.807, 2.05) is 70.5 Å². The van der Waals surface area contributed by atoms with E-state index in [1.54, 1.807) is 0 Å². The van der Waals surface area contributed by atoms with E-state index in [2.05, 4.69) is 15.5 Å². The van der Waals surface area contributed by atoms with Gasteiger partial charge in [0.05, 0.1) is 11.2 Å². The van der Waals surface area contributed by atoms with Gasteiger partial charge in [-0.1, -0.05) is 48.5 Å². The number of fused-ring (bicyclic) bond motifs is 1. The molecule has 8 nitrogen and oxygen atoms in total. The number of carbonyl (C=O) groups excluding carboxylic acids is 1. The molecule has 6 rings (SSSR count). The lowest BCUT2D eigenvalue weighted by atomic mass is 9.97. The molecule has 0 amide bonds. The molecule has 1 atom stereocenters. The van der Waals surface area contributed by atoms with Gasteiger partial charge in [-0.3, -0.25) is 19.5 Å². The second-order valence-corrected chi connectivity index (χ2v) is 9.79. The van der Waals surface area contributed by atoms with Gasteiger partial charge in [-0.2, -0.15) is 5.10 Å². The lowest BCUT2D eigenvalue weighted by Gasteiger charge is -2.40. The Morgan fingerprint density at radius 3 is 2.46 bits per heavy atom. The van der Waals surface area contributed by atoms with Crippen molar-refractivity contribution in [2.75, 3.05) is 42.5 Å². The van der Waals surface area contributed by atoms with E-state index in [4.69, 9.17) is 0 Å². The number of piperazine rings is 1. The fourth-order valence-corrected chi connectivity index (χ4v) is 5.49. The topological polar surface area (TPSA) is 98.4 Å². The summed E-state index contributed by atoms with van der Waals surface area (Å²) < 4.78 is 0. The maximum Gasteiger partial charge on any atom is 0.253 e. The predicted octanol–water partition coefficient (Wildman–Crippen LogP) is 2.98. The number of piperidine rings is 1. The number of hydrogen-bond acceptors (Lipinski definition) is 7. The summed E-state index contributed by atoms with van der Waals surface area (Å²) in [5.41, 5.74) is 3.44. The Kier molecular flexibility index (Phi) is 6.18. The summed E-state index contributed by atoms with van der Waals surface area (Å²) in [5, 5.41) is 11.7. The molecule has 3 aromatic carbocycles. The van der Waals surface area contributed by atoms with Gasteiger partial charge in [0, 0.05) is 43.7 Å². The molecule has 0 saturated carbocycles. The van der Waals surface area contributed by atoms with Crippen LogP contribution in [0.1, 0.15) is 40.9 Å². The summed E-state index contributed by atoms with van der Waals surface area (Å²) in [6.07, 6.45) is 7.09. The third-order valence-corrected chi connectivity index (χ3v) is 7.49. The Morgan fingerprint density at radius 1 is 0.892 bits per heavy atom. The average Bonchev–Trinajstić information content (AvgIpc) is 3.37. The summed E-state index contributed by atoms with van der Waals surface area (Å²) in [6.45, 7) is 3.18. The monoisotopic (exact) mass is 495 g/mol. The van der Waals surface area contributed by atoms with Crippen molar-refractivity contribution < 1.29 is 4.79 Å². The van der Waals surface area contributed by atoms with E-state index < -0.39 is 16.9 Å². The van der Waals surface area contributed by atoms with Crippen LogP contribution >= 0.6 is 0 Å². The van der Waals surface area contributed by atoms with Crippen LogP contribution in [0, 0.1) is 0 Å². The van der Waals surface area contributed by atoms with Crippen molar-refractivity contribution in [3.8, 4) is 0 Å². The Hall–Kier alpha value is -4.04. The molecule has 3 heterocycles. The fraction of sp³-hybridized carbons (Fsp3) is 0.310.